The van der Waals surface area contributed by atoms with Gasteiger partial charge in [0, 0.05) is 23.1 Å². The maximum Gasteiger partial charge on any atom is 0.269 e. The third kappa shape index (κ3) is 3.16. The van der Waals surface area contributed by atoms with Crippen LogP contribution in [0.5, 0.6) is 0 Å². The number of nitrogens with zero attached hydrogens (tertiary/aromatic N) is 1. The first-order chi connectivity index (χ1) is 8.87. The zero-order chi connectivity index (χ0) is 14.0. The van der Waals surface area contributed by atoms with Crippen LogP contribution in [0.3, 0.4) is 0 Å². The smallest absolute Gasteiger partial charge is 0.269 e. The largest absolute Gasteiger partial charge is 0.345 e. The number of hydrogen-bond acceptors (Lipinski definition) is 5. The average Bonchev–Trinajstić information content (AvgIpc) is 2.68. The van der Waals surface area contributed by atoms with E-state index in [1.807, 2.05) is 0 Å². The highest BCUT2D eigenvalue weighted by molar-refractivity contribution is 7.94. The minimum Gasteiger partial charge on any atom is -0.345 e. The molecule has 1 aromatic rings. The van der Waals surface area contributed by atoms with Crippen LogP contribution in [0.4, 0.5) is 5.69 Å². The van der Waals surface area contributed by atoms with Crippen molar-refractivity contribution < 1.29 is 18.1 Å². The van der Waals surface area contributed by atoms with Gasteiger partial charge in [-0.3, -0.25) is 14.9 Å². The first-order valence-electron chi connectivity index (χ1n) is 5.34. The van der Waals surface area contributed by atoms with Crippen molar-refractivity contribution in [3.8, 4) is 0 Å². The molecule has 0 aliphatic carbocycles. The lowest BCUT2D eigenvalue weighted by Gasteiger charge is -2.09. The van der Waals surface area contributed by atoms with Gasteiger partial charge in [-0.05, 0) is 18.2 Å². The van der Waals surface area contributed by atoms with E-state index in [0.717, 1.165) is 5.41 Å². The van der Waals surface area contributed by atoms with E-state index in [4.69, 9.17) is 0 Å². The molecule has 1 aliphatic rings. The highest BCUT2D eigenvalue weighted by atomic mass is 32.2. The number of carbonyl (C=O) groups is 1. The summed E-state index contributed by atoms with van der Waals surface area (Å²) >= 11 is 0. The SMILES string of the molecule is O=C(N[C@@H]1C=CS(=O)(=O)C1)c1ccc([N+](=O)[O-])cc1. The quantitative estimate of drug-likeness (QED) is 0.646. The van der Waals surface area contributed by atoms with Crippen molar-refractivity contribution in [2.75, 3.05) is 5.75 Å². The van der Waals surface area contributed by atoms with Crippen molar-refractivity contribution in [1.29, 1.82) is 0 Å². The summed E-state index contributed by atoms with van der Waals surface area (Å²) in [5.41, 5.74) is 0.128. The van der Waals surface area contributed by atoms with Crippen LogP contribution < -0.4 is 5.32 Å². The molecule has 0 saturated carbocycles. The molecule has 1 atom stereocenters. The second kappa shape index (κ2) is 4.81. The van der Waals surface area contributed by atoms with Gasteiger partial charge < -0.3 is 5.32 Å². The minimum absolute atomic E-state index is 0.111. The summed E-state index contributed by atoms with van der Waals surface area (Å²) in [6, 6.07) is 4.51. The highest BCUT2D eigenvalue weighted by Gasteiger charge is 2.23. The molecule has 100 valence electrons. The molecule has 1 aromatic carbocycles. The van der Waals surface area contributed by atoms with E-state index < -0.39 is 26.7 Å². The molecule has 0 aromatic heterocycles. The van der Waals surface area contributed by atoms with Gasteiger partial charge in [-0.2, -0.15) is 0 Å². The number of nitrogens with one attached hydrogen (secondary N) is 1. The summed E-state index contributed by atoms with van der Waals surface area (Å²) in [7, 11) is -3.23. The summed E-state index contributed by atoms with van der Waals surface area (Å²) in [6.45, 7) is 0. The Bertz CT molecular complexity index is 648. The Hall–Kier alpha value is -2.22. The summed E-state index contributed by atoms with van der Waals surface area (Å²) in [5, 5.41) is 14.0. The van der Waals surface area contributed by atoms with Crippen LogP contribution in [0.15, 0.2) is 35.7 Å². The van der Waals surface area contributed by atoms with Crippen LogP contribution in [-0.4, -0.2) is 31.0 Å². The van der Waals surface area contributed by atoms with Crippen LogP contribution in [-0.2, 0) is 9.84 Å². The van der Waals surface area contributed by atoms with Gasteiger partial charge in [0.25, 0.3) is 11.6 Å². The second-order valence-corrected chi connectivity index (χ2v) is 5.97. The number of nitro benzene ring substituents is 1. The van der Waals surface area contributed by atoms with Gasteiger partial charge in [0.1, 0.15) is 0 Å². The lowest BCUT2D eigenvalue weighted by Crippen LogP contribution is -2.35. The lowest BCUT2D eigenvalue weighted by atomic mass is 10.2. The Morgan fingerprint density at radius 3 is 2.42 bits per heavy atom. The van der Waals surface area contributed by atoms with Crippen molar-refractivity contribution in [2.24, 2.45) is 0 Å². The maximum absolute atomic E-state index is 11.8. The van der Waals surface area contributed by atoms with Crippen LogP contribution in [0, 0.1) is 10.1 Å². The van der Waals surface area contributed by atoms with Crippen molar-refractivity contribution in [3.05, 3.63) is 51.4 Å². The monoisotopic (exact) mass is 282 g/mol. The van der Waals surface area contributed by atoms with Gasteiger partial charge in [0.05, 0.1) is 16.7 Å². The van der Waals surface area contributed by atoms with Crippen LogP contribution in [0.1, 0.15) is 10.4 Å². The molecule has 7 nitrogen and oxygen atoms in total. The lowest BCUT2D eigenvalue weighted by molar-refractivity contribution is -0.384. The standard InChI is InChI=1S/C11H10N2O5S/c14-11(12-9-5-6-19(17,18)7-9)8-1-3-10(4-2-8)13(15)16/h1-6,9H,7H2,(H,12,14)/t9-/m1/s1. The Morgan fingerprint density at radius 2 is 1.95 bits per heavy atom. The van der Waals surface area contributed by atoms with Crippen LogP contribution >= 0.6 is 0 Å². The molecule has 2 rings (SSSR count). The topological polar surface area (TPSA) is 106 Å². The molecule has 0 radical (unpaired) electrons. The van der Waals surface area contributed by atoms with Crippen molar-refractivity contribution in [3.63, 3.8) is 0 Å². The molecule has 8 heteroatoms. The number of nitro groups is 1. The zero-order valence-corrected chi connectivity index (χ0v) is 10.5. The predicted octanol–water partition coefficient (Wildman–Crippen LogP) is 0.635. The van der Waals surface area contributed by atoms with Crippen LogP contribution in [0.25, 0.3) is 0 Å². The summed E-state index contributed by atoms with van der Waals surface area (Å²) < 4.78 is 22.3. The molecular weight excluding hydrogens is 272 g/mol. The fourth-order valence-electron chi connectivity index (χ4n) is 1.65. The average molecular weight is 282 g/mol. The number of hydrogen-bond donors (Lipinski definition) is 1. The Balaban J connectivity index is 2.05. The van der Waals surface area contributed by atoms with Crippen molar-refractivity contribution in [1.82, 2.24) is 5.32 Å². The number of non-ortho nitro benzene ring substituents is 1. The summed E-state index contributed by atoms with van der Waals surface area (Å²) in [5.74, 6) is -0.632. The van der Waals surface area contributed by atoms with E-state index in [0.29, 0.717) is 0 Å². The molecule has 0 fully saturated rings. The van der Waals surface area contributed by atoms with E-state index in [2.05, 4.69) is 5.32 Å². The Morgan fingerprint density at radius 1 is 1.32 bits per heavy atom. The molecule has 19 heavy (non-hydrogen) atoms. The molecule has 0 spiro atoms. The van der Waals surface area contributed by atoms with Gasteiger partial charge in [-0.25, -0.2) is 8.42 Å². The Labute approximate surface area is 109 Å². The molecule has 0 saturated heterocycles. The Kier molecular flexibility index (Phi) is 3.34. The first-order valence-corrected chi connectivity index (χ1v) is 7.05. The molecule has 1 aliphatic heterocycles. The molecule has 0 bridgehead atoms. The predicted molar refractivity (Wildman–Crippen MR) is 67.3 cm³/mol. The minimum atomic E-state index is -3.23. The molecule has 0 unspecified atom stereocenters. The third-order valence-corrected chi connectivity index (χ3v) is 3.98. The molecule has 1 heterocycles. The normalized spacial score (nSPS) is 20.1. The van der Waals surface area contributed by atoms with E-state index in [-0.39, 0.29) is 17.0 Å². The number of benzene rings is 1. The van der Waals surface area contributed by atoms with E-state index >= 15 is 0 Å². The maximum atomic E-state index is 11.8. The van der Waals surface area contributed by atoms with Gasteiger partial charge in [0.15, 0.2) is 9.84 Å². The zero-order valence-electron chi connectivity index (χ0n) is 9.65. The van der Waals surface area contributed by atoms with E-state index in [1.165, 1.54) is 30.3 Å². The molecular formula is C11H10N2O5S. The highest BCUT2D eigenvalue weighted by Crippen LogP contribution is 2.13. The number of carbonyl (C=O) groups excluding carboxylic acids is 1. The van der Waals surface area contributed by atoms with Gasteiger partial charge >= 0.3 is 0 Å². The molecule has 1 amide bonds. The van der Waals surface area contributed by atoms with Gasteiger partial charge in [-0.1, -0.05) is 0 Å². The molecule has 1 N–H and O–H groups in total. The van der Waals surface area contributed by atoms with Crippen LogP contribution in [0.2, 0.25) is 0 Å². The first kappa shape index (κ1) is 13.2. The summed E-state index contributed by atoms with van der Waals surface area (Å²) in [4.78, 5) is 21.7. The second-order valence-electron chi connectivity index (χ2n) is 4.04. The van der Waals surface area contributed by atoms with Crippen molar-refractivity contribution in [2.45, 2.75) is 6.04 Å². The van der Waals surface area contributed by atoms with Gasteiger partial charge in [0.2, 0.25) is 0 Å². The van der Waals surface area contributed by atoms with E-state index in [9.17, 15) is 23.3 Å². The van der Waals surface area contributed by atoms with E-state index in [1.54, 1.807) is 0 Å². The summed E-state index contributed by atoms with van der Waals surface area (Å²) in [6.07, 6.45) is 1.40. The van der Waals surface area contributed by atoms with Gasteiger partial charge in [-0.15, -0.1) is 0 Å². The number of sulfone groups is 1. The third-order valence-electron chi connectivity index (χ3n) is 2.59. The van der Waals surface area contributed by atoms with Crippen molar-refractivity contribution >= 4 is 21.4 Å². The number of amides is 1. The fraction of sp³-hybridized carbons (Fsp3) is 0.182. The number of rotatable bonds is 3. The fourth-order valence-corrected chi connectivity index (χ4v) is 2.89.